The van der Waals surface area contributed by atoms with Crippen molar-refractivity contribution in [3.05, 3.63) is 52.0 Å². The molecule has 266 valence electrons. The molecule has 1 aromatic heterocycles. The van der Waals surface area contributed by atoms with Crippen molar-refractivity contribution < 1.29 is 24.3 Å². The Morgan fingerprint density at radius 3 is 2.42 bits per heavy atom. The zero-order valence-electron chi connectivity index (χ0n) is 29.5. The number of carboxylic acids is 1. The van der Waals surface area contributed by atoms with Crippen LogP contribution in [0.3, 0.4) is 0 Å². The van der Waals surface area contributed by atoms with Crippen molar-refractivity contribution in [1.82, 2.24) is 25.4 Å². The minimum absolute atomic E-state index is 0.0247. The van der Waals surface area contributed by atoms with Crippen LogP contribution in [0.15, 0.2) is 35.7 Å². The van der Waals surface area contributed by atoms with E-state index in [1.165, 1.54) is 11.3 Å². The first-order chi connectivity index (χ1) is 22.9. The Morgan fingerprint density at radius 1 is 1.10 bits per heavy atom. The van der Waals surface area contributed by atoms with E-state index in [0.717, 1.165) is 42.8 Å². The Hall–Kier alpha value is -3.35. The fraction of sp³-hybridized carbons (Fsp3) is 0.639. The first kappa shape index (κ1) is 39.1. The normalized spacial score (nSPS) is 18.4. The molecule has 1 fully saturated rings. The van der Waals surface area contributed by atoms with Crippen LogP contribution >= 0.6 is 11.3 Å². The second-order valence-corrected chi connectivity index (χ2v) is 14.6. The smallest absolute Gasteiger partial charge is 0.306 e. The summed E-state index contributed by atoms with van der Waals surface area (Å²) in [6, 6.07) is 8.19. The molecule has 12 heteroatoms. The highest BCUT2D eigenvalue weighted by Gasteiger charge is 2.36. The number of amides is 3. The van der Waals surface area contributed by atoms with Gasteiger partial charge in [-0.05, 0) is 63.1 Å². The first-order valence-corrected chi connectivity index (χ1v) is 18.3. The number of aromatic nitrogens is 1. The Balaban J connectivity index is 1.69. The number of nitrogens with two attached hydrogens (primary N) is 1. The van der Waals surface area contributed by atoms with Crippen LogP contribution in [0.2, 0.25) is 0 Å². The number of benzene rings is 1. The molecule has 48 heavy (non-hydrogen) atoms. The average Bonchev–Trinajstić information content (AvgIpc) is 3.54. The van der Waals surface area contributed by atoms with Gasteiger partial charge in [-0.15, -0.1) is 11.3 Å². The maximum Gasteiger partial charge on any atom is 0.306 e. The topological polar surface area (TPSA) is 158 Å². The molecule has 0 aliphatic carbocycles. The van der Waals surface area contributed by atoms with Gasteiger partial charge in [0.05, 0.1) is 23.6 Å². The highest BCUT2D eigenvalue weighted by atomic mass is 32.1. The van der Waals surface area contributed by atoms with Crippen LogP contribution in [0.4, 0.5) is 0 Å². The summed E-state index contributed by atoms with van der Waals surface area (Å²) >= 11 is 1.39. The van der Waals surface area contributed by atoms with Crippen molar-refractivity contribution in [3.63, 3.8) is 0 Å². The van der Waals surface area contributed by atoms with Gasteiger partial charge in [0.15, 0.2) is 0 Å². The van der Waals surface area contributed by atoms with Crippen LogP contribution in [0, 0.1) is 17.8 Å². The lowest BCUT2D eigenvalue weighted by Gasteiger charge is -2.38. The highest BCUT2D eigenvalue weighted by molar-refractivity contribution is 7.09. The monoisotopic (exact) mass is 684 g/mol. The van der Waals surface area contributed by atoms with Gasteiger partial charge in [-0.25, -0.2) is 4.98 Å². The largest absolute Gasteiger partial charge is 0.481 e. The molecule has 1 aromatic carbocycles. The minimum atomic E-state index is -0.905. The lowest BCUT2D eigenvalue weighted by molar-refractivity contribution is -0.142. The number of likely N-dealkylation sites (tertiary alicyclic amines) is 1. The number of hydrogen-bond donors (Lipinski definition) is 4. The van der Waals surface area contributed by atoms with Gasteiger partial charge >= 0.3 is 5.97 Å². The Morgan fingerprint density at radius 2 is 1.81 bits per heavy atom. The molecular weight excluding hydrogens is 629 g/mol. The number of nitrogens with zero attached hydrogens (tertiary/aromatic N) is 3. The number of thiazole rings is 1. The highest BCUT2D eigenvalue weighted by Crippen LogP contribution is 2.23. The molecule has 6 unspecified atom stereocenters. The van der Waals surface area contributed by atoms with E-state index < -0.39 is 17.9 Å². The average molecular weight is 685 g/mol. The zero-order chi connectivity index (χ0) is 35.4. The van der Waals surface area contributed by atoms with Crippen LogP contribution in [-0.2, 0) is 27.2 Å². The van der Waals surface area contributed by atoms with E-state index in [4.69, 9.17) is 5.73 Å². The van der Waals surface area contributed by atoms with Gasteiger partial charge in [0.2, 0.25) is 11.8 Å². The molecule has 0 bridgehead atoms. The predicted molar refractivity (Wildman–Crippen MR) is 189 cm³/mol. The number of piperidine rings is 1. The van der Waals surface area contributed by atoms with Crippen LogP contribution in [0.1, 0.15) is 94.2 Å². The van der Waals surface area contributed by atoms with Gasteiger partial charge in [-0.2, -0.15) is 0 Å². The number of hydrogen-bond acceptors (Lipinski definition) is 8. The van der Waals surface area contributed by atoms with Crippen molar-refractivity contribution in [3.8, 4) is 0 Å². The van der Waals surface area contributed by atoms with E-state index in [0.29, 0.717) is 25.7 Å². The van der Waals surface area contributed by atoms with Gasteiger partial charge in [0.25, 0.3) is 5.91 Å². The van der Waals surface area contributed by atoms with Gasteiger partial charge < -0.3 is 26.4 Å². The molecule has 5 N–H and O–H groups in total. The summed E-state index contributed by atoms with van der Waals surface area (Å²) in [4.78, 5) is 60.7. The molecule has 0 spiro atoms. The van der Waals surface area contributed by atoms with Crippen LogP contribution < -0.4 is 16.4 Å². The van der Waals surface area contributed by atoms with Gasteiger partial charge in [0, 0.05) is 23.9 Å². The van der Waals surface area contributed by atoms with Gasteiger partial charge in [0.1, 0.15) is 11.7 Å². The quantitative estimate of drug-likeness (QED) is 0.169. The van der Waals surface area contributed by atoms with Crippen molar-refractivity contribution in [2.45, 2.75) is 110 Å². The Bertz CT molecular complexity index is 1340. The number of likely N-dealkylation sites (N-methyl/N-ethyl adjacent to an activating group) is 1. The summed E-state index contributed by atoms with van der Waals surface area (Å²) in [7, 11) is 1.96. The summed E-state index contributed by atoms with van der Waals surface area (Å²) in [5, 5.41) is 18.1. The molecule has 11 nitrogen and oxygen atoms in total. The maximum atomic E-state index is 14.1. The summed E-state index contributed by atoms with van der Waals surface area (Å²) in [5.41, 5.74) is 7.53. The Labute approximate surface area is 290 Å². The summed E-state index contributed by atoms with van der Waals surface area (Å²) < 4.78 is 0. The molecule has 2 heterocycles. The van der Waals surface area contributed by atoms with Crippen LogP contribution in [0.25, 0.3) is 0 Å². The number of aryl methyl sites for hydroxylation is 1. The van der Waals surface area contributed by atoms with Crippen molar-refractivity contribution >= 4 is 35.0 Å². The summed E-state index contributed by atoms with van der Waals surface area (Å²) in [6.45, 7) is 10.6. The van der Waals surface area contributed by atoms with E-state index in [9.17, 15) is 24.3 Å². The minimum Gasteiger partial charge on any atom is -0.481 e. The van der Waals surface area contributed by atoms with E-state index in [1.54, 1.807) is 17.2 Å². The third kappa shape index (κ3) is 11.1. The summed E-state index contributed by atoms with van der Waals surface area (Å²) in [6.07, 6.45) is 5.51. The van der Waals surface area contributed by atoms with Crippen molar-refractivity contribution in [2.75, 3.05) is 20.3 Å². The SMILES string of the molecule is CCC(C)C(NC(=O)C1CCCCN1C)C(=O)N(CN)C(CCc1nc(C(=O)NC(Cc2ccccc2)CC(C)C(=O)O)cs1)C(C)C. The number of rotatable bonds is 18. The number of carbonyl (C=O) groups excluding carboxylic acids is 3. The maximum absolute atomic E-state index is 14.1. The molecule has 6 atom stereocenters. The molecule has 1 aliphatic rings. The van der Waals surface area contributed by atoms with Crippen LogP contribution in [0.5, 0.6) is 0 Å². The van der Waals surface area contributed by atoms with Gasteiger partial charge in [-0.3, -0.25) is 24.1 Å². The van der Waals surface area contributed by atoms with Crippen molar-refractivity contribution in [2.24, 2.45) is 23.5 Å². The third-order valence-electron chi connectivity index (χ3n) is 9.66. The molecule has 3 rings (SSSR count). The molecule has 0 radical (unpaired) electrons. The number of carboxylic acid groups (broad SMARTS) is 1. The number of carbonyl (C=O) groups is 4. The van der Waals surface area contributed by atoms with E-state index in [-0.39, 0.29) is 60.0 Å². The van der Waals surface area contributed by atoms with Crippen molar-refractivity contribution in [1.29, 1.82) is 0 Å². The molecule has 3 amide bonds. The zero-order valence-corrected chi connectivity index (χ0v) is 30.3. The summed E-state index contributed by atoms with van der Waals surface area (Å²) in [5.74, 6) is -2.12. The lowest BCUT2D eigenvalue weighted by Crippen LogP contribution is -2.59. The van der Waals surface area contributed by atoms with E-state index in [1.807, 2.05) is 51.2 Å². The second-order valence-electron chi connectivity index (χ2n) is 13.7. The van der Waals surface area contributed by atoms with E-state index >= 15 is 0 Å². The fourth-order valence-corrected chi connectivity index (χ4v) is 7.23. The molecule has 0 saturated carbocycles. The molecule has 2 aromatic rings. The van der Waals surface area contributed by atoms with Crippen LogP contribution in [-0.4, -0.2) is 88.0 Å². The molecular formula is C36H56N6O5S. The lowest BCUT2D eigenvalue weighted by atomic mass is 9.93. The second kappa shape index (κ2) is 19.0. The molecule has 1 aliphatic heterocycles. The standard InChI is InChI=1S/C36H56N6O5S/c1-7-24(4)32(40-34(44)30-15-11-12-18-41(30)6)35(45)42(22-37)29(23(2)3)16-17-31-39-28(21-48-31)33(43)38-27(19-25(5)36(46)47)20-26-13-9-8-10-14-26/h8-10,13-14,21,23-25,27,29-30,32H,7,11-12,15-20,22,37H2,1-6H3,(H,38,43)(H,40,44)(H,46,47). The van der Waals surface area contributed by atoms with E-state index in [2.05, 4.69) is 34.4 Å². The first-order valence-electron chi connectivity index (χ1n) is 17.4. The number of aliphatic carboxylic acids is 1. The molecule has 1 saturated heterocycles. The number of nitrogens with one attached hydrogen (secondary N) is 2. The predicted octanol–water partition coefficient (Wildman–Crippen LogP) is 4.31. The van der Waals surface area contributed by atoms with Gasteiger partial charge in [-0.1, -0.05) is 77.8 Å². The Kier molecular flexibility index (Phi) is 15.5. The third-order valence-corrected chi connectivity index (χ3v) is 10.6. The fourth-order valence-electron chi connectivity index (χ4n) is 6.44.